The van der Waals surface area contributed by atoms with Crippen molar-refractivity contribution >= 4 is 11.9 Å². The van der Waals surface area contributed by atoms with Crippen molar-refractivity contribution in [2.45, 2.75) is 38.3 Å². The second-order valence-corrected chi connectivity index (χ2v) is 5.38. The van der Waals surface area contributed by atoms with E-state index >= 15 is 0 Å². The number of aryl methyl sites for hydroxylation is 1. The number of carboxylic acids is 1. The summed E-state index contributed by atoms with van der Waals surface area (Å²) in [7, 11) is 0. The van der Waals surface area contributed by atoms with E-state index in [1.54, 1.807) is 25.1 Å². The van der Waals surface area contributed by atoms with Gasteiger partial charge in [0.15, 0.2) is 6.17 Å². The first-order valence-corrected chi connectivity index (χ1v) is 7.19. The molecule has 0 amide bonds. The molecule has 0 saturated carbocycles. The summed E-state index contributed by atoms with van der Waals surface area (Å²) in [5.74, 6) is -1.20. The normalized spacial score (nSPS) is 23.3. The molecule has 1 N–H and O–H groups in total. The second-order valence-electron chi connectivity index (χ2n) is 5.38. The monoisotopic (exact) mass is 310 g/mol. The number of para-hydroxylation sites is 1. The van der Waals surface area contributed by atoms with Crippen molar-refractivity contribution in [3.8, 4) is 5.75 Å². The van der Waals surface area contributed by atoms with Crippen LogP contribution in [-0.4, -0.2) is 36.4 Å². The Bertz CT molecular complexity index is 586. The second kappa shape index (κ2) is 6.34. The minimum atomic E-state index is -1.65. The largest absolute Gasteiger partial charge is 0.490 e. The molecule has 2 rings (SSSR count). The van der Waals surface area contributed by atoms with Gasteiger partial charge in [0.2, 0.25) is 0 Å². The Morgan fingerprint density at radius 2 is 2.23 bits per heavy atom. The number of carboxylic acid groups (broad SMARTS) is 1. The van der Waals surface area contributed by atoms with Crippen LogP contribution < -0.4 is 4.74 Å². The molecule has 0 aromatic heterocycles. The highest BCUT2D eigenvalue weighted by atomic mass is 19.1. The molecule has 1 heterocycles. The van der Waals surface area contributed by atoms with Crippen molar-refractivity contribution < 1.29 is 28.6 Å². The molecule has 1 aliphatic heterocycles. The molecule has 5 nitrogen and oxygen atoms in total. The van der Waals surface area contributed by atoms with E-state index in [9.17, 15) is 19.1 Å². The number of rotatable bonds is 5. The summed E-state index contributed by atoms with van der Waals surface area (Å²) in [5.41, 5.74) is -0.655. The summed E-state index contributed by atoms with van der Waals surface area (Å²) < 4.78 is 24.4. The Balaban J connectivity index is 2.32. The Morgan fingerprint density at radius 1 is 1.50 bits per heavy atom. The average Bonchev–Trinajstić information content (AvgIpc) is 2.49. The van der Waals surface area contributed by atoms with Gasteiger partial charge in [0, 0.05) is 12.0 Å². The minimum Gasteiger partial charge on any atom is -0.490 e. The highest BCUT2D eigenvalue weighted by molar-refractivity contribution is 5.83. The molecule has 0 saturated heterocycles. The van der Waals surface area contributed by atoms with Crippen LogP contribution in [0.3, 0.4) is 0 Å². The van der Waals surface area contributed by atoms with Crippen molar-refractivity contribution in [1.82, 2.24) is 0 Å². The van der Waals surface area contributed by atoms with Gasteiger partial charge >= 0.3 is 11.9 Å². The third-order valence-electron chi connectivity index (χ3n) is 4.00. The van der Waals surface area contributed by atoms with E-state index in [4.69, 9.17) is 9.47 Å². The zero-order valence-corrected chi connectivity index (χ0v) is 12.6. The highest BCUT2D eigenvalue weighted by Gasteiger charge is 2.49. The number of hydrogen-bond donors (Lipinski definition) is 1. The van der Waals surface area contributed by atoms with E-state index in [0.717, 1.165) is 0 Å². The van der Waals surface area contributed by atoms with Crippen LogP contribution in [-0.2, 0) is 26.2 Å². The Hall–Kier alpha value is -2.11. The number of carbonyl (C=O) groups excluding carboxylic acids is 1. The molecule has 2 atom stereocenters. The highest BCUT2D eigenvalue weighted by Crippen LogP contribution is 2.42. The van der Waals surface area contributed by atoms with E-state index in [-0.39, 0.29) is 19.0 Å². The molecule has 22 heavy (non-hydrogen) atoms. The molecule has 1 aromatic rings. The van der Waals surface area contributed by atoms with Crippen LogP contribution in [0.5, 0.6) is 5.75 Å². The summed E-state index contributed by atoms with van der Waals surface area (Å²) in [5, 5.41) is 9.42. The number of hydrogen-bond acceptors (Lipinski definition) is 4. The summed E-state index contributed by atoms with van der Waals surface area (Å²) >= 11 is 0. The molecule has 0 radical (unpaired) electrons. The number of esters is 1. The van der Waals surface area contributed by atoms with Crippen molar-refractivity contribution in [3.63, 3.8) is 0 Å². The number of aliphatic carboxylic acids is 1. The Kier molecular flexibility index (Phi) is 4.68. The van der Waals surface area contributed by atoms with Crippen molar-refractivity contribution in [2.75, 3.05) is 13.2 Å². The minimum absolute atomic E-state index is 0.163. The van der Waals surface area contributed by atoms with E-state index in [0.29, 0.717) is 29.9 Å². The molecule has 0 aliphatic carbocycles. The predicted molar refractivity (Wildman–Crippen MR) is 76.8 cm³/mol. The molecule has 0 fully saturated rings. The molecule has 1 aliphatic rings. The first-order valence-electron chi connectivity index (χ1n) is 7.19. The van der Waals surface area contributed by atoms with Crippen molar-refractivity contribution in [3.05, 3.63) is 29.3 Å². The fourth-order valence-electron chi connectivity index (χ4n) is 2.57. The van der Waals surface area contributed by atoms with Gasteiger partial charge in [-0.2, -0.15) is 0 Å². The van der Waals surface area contributed by atoms with Crippen molar-refractivity contribution in [1.29, 1.82) is 0 Å². The Labute approximate surface area is 128 Å². The zero-order valence-electron chi connectivity index (χ0n) is 12.6. The summed E-state index contributed by atoms with van der Waals surface area (Å²) in [4.78, 5) is 23.0. The van der Waals surface area contributed by atoms with Crippen LogP contribution in [0, 0.1) is 0 Å². The lowest BCUT2D eigenvalue weighted by Crippen LogP contribution is -2.48. The summed E-state index contributed by atoms with van der Waals surface area (Å²) in [6.07, 6.45) is -1.11. The van der Waals surface area contributed by atoms with Crippen molar-refractivity contribution in [2.24, 2.45) is 0 Å². The van der Waals surface area contributed by atoms with Crippen LogP contribution in [0.4, 0.5) is 4.39 Å². The molecule has 0 bridgehead atoms. The molecule has 120 valence electrons. The lowest BCUT2D eigenvalue weighted by molar-refractivity contribution is -0.147. The molecular weight excluding hydrogens is 291 g/mol. The van der Waals surface area contributed by atoms with Gasteiger partial charge in [0.25, 0.3) is 0 Å². The van der Waals surface area contributed by atoms with Gasteiger partial charge in [-0.25, -0.2) is 4.39 Å². The molecule has 2 unspecified atom stereocenters. The maximum Gasteiger partial charge on any atom is 0.317 e. The van der Waals surface area contributed by atoms with Crippen LogP contribution in [0.2, 0.25) is 0 Å². The van der Waals surface area contributed by atoms with Gasteiger partial charge in [-0.15, -0.1) is 0 Å². The van der Waals surface area contributed by atoms with Crippen LogP contribution >= 0.6 is 0 Å². The predicted octanol–water partition coefficient (Wildman–Crippen LogP) is 2.26. The smallest absolute Gasteiger partial charge is 0.317 e. The van der Waals surface area contributed by atoms with Gasteiger partial charge in [-0.1, -0.05) is 18.2 Å². The van der Waals surface area contributed by atoms with Gasteiger partial charge in [-0.05, 0) is 25.8 Å². The number of benzene rings is 1. The van der Waals surface area contributed by atoms with Gasteiger partial charge in [-0.3, -0.25) is 9.59 Å². The standard InChI is InChI=1S/C16H19FO5/c1-3-21-13(18)8-7-10-5-4-6-11-14(10)22-9-12(17)16(11,2)15(19)20/h4-6,12H,3,7-9H2,1-2H3,(H,19,20). The van der Waals surface area contributed by atoms with E-state index in [2.05, 4.69) is 0 Å². The van der Waals surface area contributed by atoms with Crippen LogP contribution in [0.15, 0.2) is 18.2 Å². The third-order valence-corrected chi connectivity index (χ3v) is 4.00. The quantitative estimate of drug-likeness (QED) is 0.845. The molecule has 6 heteroatoms. The first-order chi connectivity index (χ1) is 10.4. The average molecular weight is 310 g/mol. The molecular formula is C16H19FO5. The van der Waals surface area contributed by atoms with Gasteiger partial charge in [0.05, 0.1) is 6.61 Å². The molecule has 1 aromatic carbocycles. The lowest BCUT2D eigenvalue weighted by Gasteiger charge is -2.36. The van der Waals surface area contributed by atoms with Crippen LogP contribution in [0.25, 0.3) is 0 Å². The van der Waals surface area contributed by atoms with Crippen LogP contribution in [0.1, 0.15) is 31.4 Å². The summed E-state index contributed by atoms with van der Waals surface area (Å²) in [6.45, 7) is 3.08. The third kappa shape index (κ3) is 2.77. The maximum atomic E-state index is 14.1. The lowest BCUT2D eigenvalue weighted by atomic mass is 9.75. The molecule has 0 spiro atoms. The number of ether oxygens (including phenoxy) is 2. The van der Waals surface area contributed by atoms with E-state index in [1.807, 2.05) is 0 Å². The van der Waals surface area contributed by atoms with E-state index < -0.39 is 17.6 Å². The maximum absolute atomic E-state index is 14.1. The summed E-state index contributed by atoms with van der Waals surface area (Å²) in [6, 6.07) is 4.96. The number of alkyl halides is 1. The topological polar surface area (TPSA) is 72.8 Å². The van der Waals surface area contributed by atoms with Gasteiger partial charge < -0.3 is 14.6 Å². The fraction of sp³-hybridized carbons (Fsp3) is 0.500. The van der Waals surface area contributed by atoms with E-state index in [1.165, 1.54) is 6.92 Å². The Morgan fingerprint density at radius 3 is 2.86 bits per heavy atom. The first kappa shape index (κ1) is 16.3. The number of carbonyl (C=O) groups is 2. The zero-order chi connectivity index (χ0) is 16.3. The van der Waals surface area contributed by atoms with Gasteiger partial charge in [0.1, 0.15) is 17.8 Å². The fourth-order valence-corrected chi connectivity index (χ4v) is 2.57. The number of halogens is 1. The SMILES string of the molecule is CCOC(=O)CCc1cccc2c1OCC(F)C2(C)C(=O)O. The number of fused-ring (bicyclic) bond motifs is 1.